The van der Waals surface area contributed by atoms with Crippen LogP contribution in [0.2, 0.25) is 5.02 Å². The predicted octanol–water partition coefficient (Wildman–Crippen LogP) is 3.77. The van der Waals surface area contributed by atoms with Gasteiger partial charge in [-0.1, -0.05) is 29.6 Å². The molecule has 6 nitrogen and oxygen atoms in total. The third-order valence-electron chi connectivity index (χ3n) is 5.76. The minimum absolute atomic E-state index is 0. The smallest absolute Gasteiger partial charge is 0.257 e. The van der Waals surface area contributed by atoms with Gasteiger partial charge in [-0.15, -0.1) is 12.4 Å². The van der Waals surface area contributed by atoms with Crippen LogP contribution in [0.4, 0.5) is 0 Å². The minimum Gasteiger partial charge on any atom is -0.346 e. The number of halogens is 2. The topological polar surface area (TPSA) is 80.0 Å². The molecule has 2 aliphatic rings. The molecule has 0 bridgehead atoms. The summed E-state index contributed by atoms with van der Waals surface area (Å²) >= 11 is 5.91. The fourth-order valence-corrected chi connectivity index (χ4v) is 4.34. The molecule has 146 valence electrons. The van der Waals surface area contributed by atoms with E-state index in [2.05, 4.69) is 20.8 Å². The molecule has 27 heavy (non-hydrogen) atoms. The van der Waals surface area contributed by atoms with Gasteiger partial charge in [0.15, 0.2) is 5.82 Å². The van der Waals surface area contributed by atoms with Gasteiger partial charge in [-0.3, -0.25) is 4.79 Å². The van der Waals surface area contributed by atoms with Gasteiger partial charge in [0.1, 0.15) is 0 Å². The average molecular weight is 411 g/mol. The van der Waals surface area contributed by atoms with Gasteiger partial charge in [-0.25, -0.2) is 0 Å². The number of amides is 1. The number of hydrogen-bond donors (Lipinski definition) is 2. The maximum Gasteiger partial charge on any atom is 0.257 e. The zero-order valence-corrected chi connectivity index (χ0v) is 16.8. The Balaban J connectivity index is 0.00000210. The molecule has 1 saturated carbocycles. The van der Waals surface area contributed by atoms with Crippen molar-refractivity contribution < 1.29 is 9.32 Å². The summed E-state index contributed by atoms with van der Waals surface area (Å²) in [6.45, 7) is 3.59. The van der Waals surface area contributed by atoms with Crippen molar-refractivity contribution in [2.45, 2.75) is 38.6 Å². The Morgan fingerprint density at radius 2 is 2.15 bits per heavy atom. The Labute approximate surface area is 169 Å². The number of rotatable bonds is 4. The molecule has 8 heteroatoms. The largest absolute Gasteiger partial charge is 0.346 e. The van der Waals surface area contributed by atoms with E-state index in [1.807, 2.05) is 19.1 Å². The second-order valence-corrected chi connectivity index (χ2v) is 7.83. The monoisotopic (exact) mass is 410 g/mol. The standard InChI is InChI=1S/C19H23ClN4O2.ClH/c1-12(16-23-17(26-24-16)13-5-7-15(20)8-6-13)22-18(25)19-9-3-2-4-14(19)10-21-11-19;/h5-8,12,14,21H,2-4,9-11H2,1H3,(H,22,25);1H/t12?,14-,19+;/m0./s1. The Hall–Kier alpha value is -1.63. The molecule has 1 aliphatic carbocycles. The third kappa shape index (κ3) is 3.84. The van der Waals surface area contributed by atoms with Gasteiger partial charge in [0, 0.05) is 17.1 Å². The van der Waals surface area contributed by atoms with Crippen LogP contribution in [0.1, 0.15) is 44.5 Å². The molecule has 1 amide bonds. The summed E-state index contributed by atoms with van der Waals surface area (Å²) in [7, 11) is 0. The zero-order valence-electron chi connectivity index (χ0n) is 15.2. The third-order valence-corrected chi connectivity index (χ3v) is 6.01. The van der Waals surface area contributed by atoms with Crippen LogP contribution in [0.15, 0.2) is 28.8 Å². The summed E-state index contributed by atoms with van der Waals surface area (Å²) in [6, 6.07) is 6.92. The van der Waals surface area contributed by atoms with Crippen molar-refractivity contribution in [3.05, 3.63) is 35.1 Å². The molecule has 2 aromatic rings. The van der Waals surface area contributed by atoms with Crippen molar-refractivity contribution in [2.75, 3.05) is 13.1 Å². The number of carbonyl (C=O) groups excluding carboxylic acids is 1. The summed E-state index contributed by atoms with van der Waals surface area (Å²) < 4.78 is 5.36. The van der Waals surface area contributed by atoms with Crippen molar-refractivity contribution in [3.63, 3.8) is 0 Å². The number of nitrogens with one attached hydrogen (secondary N) is 2. The van der Waals surface area contributed by atoms with Crippen LogP contribution < -0.4 is 10.6 Å². The Kier molecular flexibility index (Phi) is 6.08. The maximum atomic E-state index is 13.0. The fourth-order valence-electron chi connectivity index (χ4n) is 4.22. The molecule has 2 fully saturated rings. The van der Waals surface area contributed by atoms with Gasteiger partial charge in [-0.2, -0.15) is 4.98 Å². The highest BCUT2D eigenvalue weighted by molar-refractivity contribution is 6.30. The molecule has 1 aromatic heterocycles. The van der Waals surface area contributed by atoms with Gasteiger partial charge in [0.25, 0.3) is 5.89 Å². The van der Waals surface area contributed by atoms with E-state index in [0.717, 1.165) is 37.9 Å². The average Bonchev–Trinajstić information content (AvgIpc) is 3.30. The summed E-state index contributed by atoms with van der Waals surface area (Å²) in [5.74, 6) is 1.45. The van der Waals surface area contributed by atoms with Crippen LogP contribution >= 0.6 is 24.0 Å². The van der Waals surface area contributed by atoms with Crippen LogP contribution in [-0.2, 0) is 4.79 Å². The molecule has 4 rings (SSSR count). The van der Waals surface area contributed by atoms with Crippen molar-refractivity contribution in [3.8, 4) is 11.5 Å². The highest BCUT2D eigenvalue weighted by Gasteiger charge is 2.50. The van der Waals surface area contributed by atoms with E-state index in [-0.39, 0.29) is 29.8 Å². The van der Waals surface area contributed by atoms with Crippen LogP contribution in [0.3, 0.4) is 0 Å². The number of benzene rings is 1. The van der Waals surface area contributed by atoms with Crippen molar-refractivity contribution >= 4 is 29.9 Å². The number of carbonyl (C=O) groups is 1. The van der Waals surface area contributed by atoms with E-state index in [1.165, 1.54) is 6.42 Å². The Bertz CT molecular complexity index is 795. The first kappa shape index (κ1) is 20.1. The first-order valence-corrected chi connectivity index (χ1v) is 9.57. The maximum absolute atomic E-state index is 13.0. The summed E-state index contributed by atoms with van der Waals surface area (Å²) in [4.78, 5) is 17.5. The van der Waals surface area contributed by atoms with Crippen LogP contribution in [-0.4, -0.2) is 29.1 Å². The SMILES string of the molecule is CC(NC(=O)[C@@]12CCCC[C@H]1CNC2)c1noc(-c2ccc(Cl)cc2)n1.Cl. The lowest BCUT2D eigenvalue weighted by atomic mass is 9.67. The zero-order chi connectivity index (χ0) is 18.1. The fraction of sp³-hybridized carbons (Fsp3) is 0.526. The summed E-state index contributed by atoms with van der Waals surface area (Å²) in [6.07, 6.45) is 4.40. The van der Waals surface area contributed by atoms with E-state index >= 15 is 0 Å². The molecule has 1 aromatic carbocycles. The number of hydrogen-bond acceptors (Lipinski definition) is 5. The van der Waals surface area contributed by atoms with Crippen LogP contribution in [0.25, 0.3) is 11.5 Å². The van der Waals surface area contributed by atoms with E-state index in [1.54, 1.807) is 12.1 Å². The highest BCUT2D eigenvalue weighted by Crippen LogP contribution is 2.44. The number of nitrogens with zero attached hydrogens (tertiary/aromatic N) is 2. The lowest BCUT2D eigenvalue weighted by Crippen LogP contribution is -2.48. The normalized spacial score (nSPS) is 25.3. The highest BCUT2D eigenvalue weighted by atomic mass is 35.5. The molecule has 3 atom stereocenters. The van der Waals surface area contributed by atoms with E-state index in [0.29, 0.717) is 22.7 Å². The second kappa shape index (κ2) is 8.17. The Morgan fingerprint density at radius 3 is 2.93 bits per heavy atom. The minimum atomic E-state index is -0.301. The molecular formula is C19H24Cl2N4O2. The Morgan fingerprint density at radius 1 is 1.37 bits per heavy atom. The first-order valence-electron chi connectivity index (χ1n) is 9.20. The molecule has 0 spiro atoms. The van der Waals surface area contributed by atoms with E-state index in [9.17, 15) is 4.79 Å². The van der Waals surface area contributed by atoms with Crippen molar-refractivity contribution in [1.29, 1.82) is 0 Å². The van der Waals surface area contributed by atoms with Gasteiger partial charge in [0.2, 0.25) is 5.91 Å². The van der Waals surface area contributed by atoms with Gasteiger partial charge in [0.05, 0.1) is 11.5 Å². The number of fused-ring (bicyclic) bond motifs is 1. The van der Waals surface area contributed by atoms with E-state index < -0.39 is 0 Å². The van der Waals surface area contributed by atoms with Crippen molar-refractivity contribution in [1.82, 2.24) is 20.8 Å². The summed E-state index contributed by atoms with van der Waals surface area (Å²) in [5, 5.41) is 11.2. The predicted molar refractivity (Wildman–Crippen MR) is 106 cm³/mol. The first-order chi connectivity index (χ1) is 12.6. The van der Waals surface area contributed by atoms with Gasteiger partial charge in [-0.05, 0) is 56.5 Å². The van der Waals surface area contributed by atoms with Crippen LogP contribution in [0.5, 0.6) is 0 Å². The lowest BCUT2D eigenvalue weighted by molar-refractivity contribution is -0.134. The van der Waals surface area contributed by atoms with Gasteiger partial charge >= 0.3 is 0 Å². The molecule has 1 unspecified atom stereocenters. The quantitative estimate of drug-likeness (QED) is 0.801. The summed E-state index contributed by atoms with van der Waals surface area (Å²) in [5.41, 5.74) is 0.521. The number of aromatic nitrogens is 2. The molecular weight excluding hydrogens is 387 g/mol. The molecule has 1 aliphatic heterocycles. The second-order valence-electron chi connectivity index (χ2n) is 7.39. The van der Waals surface area contributed by atoms with Gasteiger partial charge < -0.3 is 15.2 Å². The molecule has 0 radical (unpaired) electrons. The van der Waals surface area contributed by atoms with E-state index in [4.69, 9.17) is 16.1 Å². The molecule has 2 heterocycles. The lowest BCUT2D eigenvalue weighted by Gasteiger charge is -2.37. The molecule has 1 saturated heterocycles. The van der Waals surface area contributed by atoms with Crippen LogP contribution in [0, 0.1) is 11.3 Å². The van der Waals surface area contributed by atoms with Crippen molar-refractivity contribution in [2.24, 2.45) is 11.3 Å². The molecule has 2 N–H and O–H groups in total.